The third kappa shape index (κ3) is 7.61. The van der Waals surface area contributed by atoms with Gasteiger partial charge in [0.25, 0.3) is 0 Å². The molecule has 7 nitrogen and oxygen atoms in total. The molecule has 1 heterocycles. The van der Waals surface area contributed by atoms with Crippen molar-refractivity contribution in [2.75, 3.05) is 24.6 Å². The van der Waals surface area contributed by atoms with E-state index in [-0.39, 0.29) is 29.4 Å². The van der Waals surface area contributed by atoms with Gasteiger partial charge in [0.05, 0.1) is 17.2 Å². The van der Waals surface area contributed by atoms with Gasteiger partial charge in [0.2, 0.25) is 17.2 Å². The highest BCUT2D eigenvalue weighted by atomic mass is 33.1. The largest absolute Gasteiger partial charge is 0.455 e. The lowest BCUT2D eigenvalue weighted by molar-refractivity contribution is -0.122. The third-order valence-corrected chi connectivity index (χ3v) is 8.33. The van der Waals surface area contributed by atoms with Gasteiger partial charge in [-0.3, -0.25) is 19.2 Å². The van der Waals surface area contributed by atoms with E-state index in [4.69, 9.17) is 4.42 Å². The van der Waals surface area contributed by atoms with Crippen molar-refractivity contribution in [3.05, 3.63) is 57.2 Å². The van der Waals surface area contributed by atoms with Crippen LogP contribution in [-0.2, 0) is 20.8 Å². The van der Waals surface area contributed by atoms with Crippen LogP contribution in [0.5, 0.6) is 0 Å². The van der Waals surface area contributed by atoms with E-state index >= 15 is 0 Å². The van der Waals surface area contributed by atoms with Crippen LogP contribution in [0.4, 0.5) is 0 Å². The molecule has 0 spiro atoms. The second-order valence-electron chi connectivity index (χ2n) is 8.69. The Hall–Kier alpha value is -2.78. The molecule has 9 heteroatoms. The molecule has 2 aromatic carbocycles. The maximum Gasteiger partial charge on any atom is 0.224 e. The number of carbonyl (C=O) groups excluding carboxylic acids is 3. The Labute approximate surface area is 218 Å². The van der Waals surface area contributed by atoms with Crippen LogP contribution in [-0.4, -0.2) is 42.2 Å². The van der Waals surface area contributed by atoms with Crippen LogP contribution in [0.1, 0.15) is 42.9 Å². The molecule has 0 bridgehead atoms. The van der Waals surface area contributed by atoms with Crippen molar-refractivity contribution in [1.82, 2.24) is 10.6 Å². The van der Waals surface area contributed by atoms with E-state index in [0.29, 0.717) is 53.4 Å². The molecule has 1 aromatic heterocycles. The van der Waals surface area contributed by atoms with Gasteiger partial charge in [0.1, 0.15) is 16.9 Å². The van der Waals surface area contributed by atoms with Gasteiger partial charge in [0.15, 0.2) is 0 Å². The number of carbonyl (C=O) groups is 3. The number of benzene rings is 2. The van der Waals surface area contributed by atoms with E-state index < -0.39 is 0 Å². The Morgan fingerprint density at radius 1 is 0.861 bits per heavy atom. The van der Waals surface area contributed by atoms with E-state index in [1.54, 1.807) is 39.8 Å². The van der Waals surface area contributed by atoms with Gasteiger partial charge in [-0.2, -0.15) is 0 Å². The highest BCUT2D eigenvalue weighted by Crippen LogP contribution is 2.26. The SMILES string of the molecule is CC(=O)CCNC(=O)CCCSSCCNC(=O)Cc1cccc2c(=O)c3ccc(C)c(C)c3oc12. The molecule has 0 atom stereocenters. The second kappa shape index (κ2) is 13.5. The number of rotatable bonds is 13. The number of hydrogen-bond acceptors (Lipinski definition) is 7. The summed E-state index contributed by atoms with van der Waals surface area (Å²) in [6.07, 6.45) is 1.70. The van der Waals surface area contributed by atoms with Crippen molar-refractivity contribution in [2.24, 2.45) is 0 Å². The fraction of sp³-hybridized carbons (Fsp3) is 0.407. The molecule has 0 radical (unpaired) electrons. The topological polar surface area (TPSA) is 105 Å². The predicted molar refractivity (Wildman–Crippen MR) is 149 cm³/mol. The molecule has 2 N–H and O–H groups in total. The predicted octanol–water partition coefficient (Wildman–Crippen LogP) is 4.48. The average Bonchev–Trinajstić information content (AvgIpc) is 2.83. The number of fused-ring (bicyclic) bond motifs is 2. The van der Waals surface area contributed by atoms with E-state index in [9.17, 15) is 19.2 Å². The minimum Gasteiger partial charge on any atom is -0.455 e. The normalized spacial score (nSPS) is 11.1. The first kappa shape index (κ1) is 27.8. The monoisotopic (exact) mass is 528 g/mol. The number of amides is 2. The molecule has 0 saturated carbocycles. The number of nitrogens with one attached hydrogen (secondary N) is 2. The molecule has 36 heavy (non-hydrogen) atoms. The number of hydrogen-bond donors (Lipinski definition) is 2. The van der Waals surface area contributed by atoms with Gasteiger partial charge in [-0.25, -0.2) is 0 Å². The van der Waals surface area contributed by atoms with Crippen molar-refractivity contribution >= 4 is 61.1 Å². The summed E-state index contributed by atoms with van der Waals surface area (Å²) in [4.78, 5) is 48.1. The molecular weight excluding hydrogens is 496 g/mol. The molecule has 0 aliphatic heterocycles. The fourth-order valence-corrected chi connectivity index (χ4v) is 5.71. The molecule has 3 aromatic rings. The fourth-order valence-electron chi connectivity index (χ4n) is 3.71. The Balaban J connectivity index is 1.44. The molecule has 0 aliphatic carbocycles. The summed E-state index contributed by atoms with van der Waals surface area (Å²) in [5, 5.41) is 6.70. The zero-order chi connectivity index (χ0) is 26.1. The summed E-state index contributed by atoms with van der Waals surface area (Å²) in [5.74, 6) is 1.49. The molecular formula is C27H32N2O5S2. The minimum absolute atomic E-state index is 0.0309. The third-order valence-electron chi connectivity index (χ3n) is 5.84. The lowest BCUT2D eigenvalue weighted by atomic mass is 10.0. The first-order valence-electron chi connectivity index (χ1n) is 12.0. The molecule has 3 rings (SSSR count). The summed E-state index contributed by atoms with van der Waals surface area (Å²) in [5.41, 5.74) is 3.61. The Bertz CT molecular complexity index is 1320. The highest BCUT2D eigenvalue weighted by Gasteiger charge is 2.15. The van der Waals surface area contributed by atoms with E-state index in [0.717, 1.165) is 29.1 Å². The smallest absolute Gasteiger partial charge is 0.224 e. The zero-order valence-electron chi connectivity index (χ0n) is 20.9. The summed E-state index contributed by atoms with van der Waals surface area (Å²) in [7, 11) is 3.32. The Morgan fingerprint density at radius 2 is 1.58 bits per heavy atom. The van der Waals surface area contributed by atoms with Crippen molar-refractivity contribution in [1.29, 1.82) is 0 Å². The van der Waals surface area contributed by atoms with Gasteiger partial charge in [-0.05, 0) is 50.5 Å². The molecule has 0 aliphatic rings. The summed E-state index contributed by atoms with van der Waals surface area (Å²) < 4.78 is 6.17. The molecule has 2 amide bonds. The van der Waals surface area contributed by atoms with Gasteiger partial charge in [-0.1, -0.05) is 39.8 Å². The summed E-state index contributed by atoms with van der Waals surface area (Å²) >= 11 is 0. The van der Waals surface area contributed by atoms with Gasteiger partial charge in [0, 0.05) is 43.0 Å². The highest BCUT2D eigenvalue weighted by molar-refractivity contribution is 8.76. The summed E-state index contributed by atoms with van der Waals surface area (Å²) in [6.45, 7) is 6.34. The second-order valence-corrected chi connectivity index (χ2v) is 11.4. The summed E-state index contributed by atoms with van der Waals surface area (Å²) in [6, 6.07) is 9.06. The first-order chi connectivity index (χ1) is 17.3. The van der Waals surface area contributed by atoms with E-state index in [2.05, 4.69) is 10.6 Å². The molecule has 0 saturated heterocycles. The van der Waals surface area contributed by atoms with Crippen LogP contribution in [0.15, 0.2) is 39.5 Å². The number of para-hydroxylation sites is 1. The zero-order valence-corrected chi connectivity index (χ0v) is 22.5. The van der Waals surface area contributed by atoms with Crippen molar-refractivity contribution < 1.29 is 18.8 Å². The van der Waals surface area contributed by atoms with Gasteiger partial charge in [-0.15, -0.1) is 0 Å². The van der Waals surface area contributed by atoms with Gasteiger partial charge < -0.3 is 15.1 Å². The van der Waals surface area contributed by atoms with E-state index in [1.165, 1.54) is 6.92 Å². The van der Waals surface area contributed by atoms with Crippen LogP contribution < -0.4 is 16.1 Å². The molecule has 0 unspecified atom stereocenters. The number of Topliss-reactive ketones (excluding diaryl/α,β-unsaturated/α-hetero) is 1. The Morgan fingerprint density at radius 3 is 2.36 bits per heavy atom. The lowest BCUT2D eigenvalue weighted by Gasteiger charge is -2.10. The van der Waals surface area contributed by atoms with Crippen LogP contribution in [0, 0.1) is 13.8 Å². The van der Waals surface area contributed by atoms with Gasteiger partial charge >= 0.3 is 0 Å². The van der Waals surface area contributed by atoms with Crippen molar-refractivity contribution in [3.63, 3.8) is 0 Å². The van der Waals surface area contributed by atoms with Crippen LogP contribution in [0.2, 0.25) is 0 Å². The van der Waals surface area contributed by atoms with Crippen LogP contribution >= 0.6 is 21.6 Å². The maximum atomic E-state index is 13.0. The number of aryl methyl sites for hydroxylation is 2. The molecule has 192 valence electrons. The van der Waals surface area contributed by atoms with Crippen LogP contribution in [0.3, 0.4) is 0 Å². The van der Waals surface area contributed by atoms with Crippen molar-refractivity contribution in [3.8, 4) is 0 Å². The minimum atomic E-state index is -0.126. The maximum absolute atomic E-state index is 13.0. The van der Waals surface area contributed by atoms with Crippen LogP contribution in [0.25, 0.3) is 21.9 Å². The average molecular weight is 529 g/mol. The quantitative estimate of drug-likeness (QED) is 0.191. The van der Waals surface area contributed by atoms with Crippen molar-refractivity contribution in [2.45, 2.75) is 46.5 Å². The molecule has 0 fully saturated rings. The van der Waals surface area contributed by atoms with E-state index in [1.807, 2.05) is 26.0 Å². The standard InChI is InChI=1S/C27H32N2O5S2/c1-17-9-10-22-25(33)21-7-4-6-20(27(21)34-26(22)19(17)3)16-24(32)29-13-15-36-35-14-5-8-23(31)28-12-11-18(2)30/h4,6-7,9-10H,5,8,11-16H2,1-3H3,(H,28,31)(H,29,32). The first-order valence-corrected chi connectivity index (χ1v) is 14.5. The Kier molecular flexibility index (Phi) is 10.4. The number of ketones is 1. The lowest BCUT2D eigenvalue weighted by Crippen LogP contribution is -2.27.